The van der Waals surface area contributed by atoms with Gasteiger partial charge in [-0.2, -0.15) is 0 Å². The van der Waals surface area contributed by atoms with Gasteiger partial charge in [-0.1, -0.05) is 25.1 Å². The van der Waals surface area contributed by atoms with Crippen LogP contribution in [0.2, 0.25) is 0 Å². The Bertz CT molecular complexity index is 640. The van der Waals surface area contributed by atoms with Gasteiger partial charge in [0, 0.05) is 11.9 Å². The first-order valence-corrected chi connectivity index (χ1v) is 7.10. The van der Waals surface area contributed by atoms with E-state index >= 15 is 0 Å². The maximum Gasteiger partial charge on any atom is 0.339 e. The number of rotatable bonds is 6. The summed E-state index contributed by atoms with van der Waals surface area (Å²) in [5.74, 6) is -0.408. The SMILES string of the molecule is CCC1(CNCc2oc3ccccc3c2C(=O)O)CC1. The van der Waals surface area contributed by atoms with Crippen LogP contribution in [0.15, 0.2) is 28.7 Å². The summed E-state index contributed by atoms with van der Waals surface area (Å²) < 4.78 is 5.69. The van der Waals surface area contributed by atoms with Gasteiger partial charge in [0.05, 0.1) is 6.54 Å². The van der Waals surface area contributed by atoms with Crippen molar-refractivity contribution in [3.8, 4) is 0 Å². The third kappa shape index (κ3) is 2.31. The van der Waals surface area contributed by atoms with Crippen LogP contribution in [0.4, 0.5) is 0 Å². The largest absolute Gasteiger partial charge is 0.478 e. The van der Waals surface area contributed by atoms with Crippen molar-refractivity contribution in [2.75, 3.05) is 6.54 Å². The first kappa shape index (κ1) is 13.2. The highest BCUT2D eigenvalue weighted by Crippen LogP contribution is 2.47. The number of carbonyl (C=O) groups is 1. The van der Waals surface area contributed by atoms with Crippen molar-refractivity contribution < 1.29 is 14.3 Å². The van der Waals surface area contributed by atoms with Crippen molar-refractivity contribution in [2.24, 2.45) is 5.41 Å². The maximum atomic E-state index is 11.4. The number of hydrogen-bond acceptors (Lipinski definition) is 3. The average molecular weight is 273 g/mol. The quantitative estimate of drug-likeness (QED) is 0.846. The topological polar surface area (TPSA) is 62.5 Å². The van der Waals surface area contributed by atoms with E-state index in [0.29, 0.717) is 28.7 Å². The highest BCUT2D eigenvalue weighted by atomic mass is 16.4. The van der Waals surface area contributed by atoms with Crippen molar-refractivity contribution in [3.05, 3.63) is 35.6 Å². The number of furan rings is 1. The molecule has 20 heavy (non-hydrogen) atoms. The molecular weight excluding hydrogens is 254 g/mol. The van der Waals surface area contributed by atoms with Gasteiger partial charge in [0.2, 0.25) is 0 Å². The molecule has 0 saturated heterocycles. The predicted octanol–water partition coefficient (Wildman–Crippen LogP) is 3.41. The molecule has 4 heteroatoms. The summed E-state index contributed by atoms with van der Waals surface area (Å²) in [4.78, 5) is 11.4. The molecule has 0 radical (unpaired) electrons. The molecule has 1 aliphatic rings. The number of fused-ring (bicyclic) bond motifs is 1. The zero-order chi connectivity index (χ0) is 14.2. The molecule has 0 bridgehead atoms. The molecule has 0 amide bonds. The molecule has 0 spiro atoms. The van der Waals surface area contributed by atoms with E-state index in [1.807, 2.05) is 12.1 Å². The van der Waals surface area contributed by atoms with Crippen LogP contribution in [0.5, 0.6) is 0 Å². The lowest BCUT2D eigenvalue weighted by Gasteiger charge is -2.12. The molecule has 1 aromatic heterocycles. The van der Waals surface area contributed by atoms with E-state index in [2.05, 4.69) is 12.2 Å². The Balaban J connectivity index is 1.80. The number of nitrogens with one attached hydrogen (secondary N) is 1. The second-order valence-corrected chi connectivity index (χ2v) is 5.66. The van der Waals surface area contributed by atoms with Gasteiger partial charge >= 0.3 is 5.97 Å². The van der Waals surface area contributed by atoms with Crippen LogP contribution in [-0.2, 0) is 6.54 Å². The summed E-state index contributed by atoms with van der Waals surface area (Å²) in [6, 6.07) is 7.28. The Hall–Kier alpha value is -1.81. The summed E-state index contributed by atoms with van der Waals surface area (Å²) in [6.45, 7) is 3.61. The van der Waals surface area contributed by atoms with E-state index in [1.165, 1.54) is 19.3 Å². The Morgan fingerprint density at radius 1 is 1.40 bits per heavy atom. The average Bonchev–Trinajstić information content (AvgIpc) is 3.11. The Labute approximate surface area is 117 Å². The second-order valence-electron chi connectivity index (χ2n) is 5.66. The summed E-state index contributed by atoms with van der Waals surface area (Å²) in [5.41, 5.74) is 1.36. The van der Waals surface area contributed by atoms with E-state index in [1.54, 1.807) is 12.1 Å². The van der Waals surface area contributed by atoms with E-state index in [-0.39, 0.29) is 5.56 Å². The summed E-state index contributed by atoms with van der Waals surface area (Å²) in [5, 5.41) is 13.4. The zero-order valence-corrected chi connectivity index (χ0v) is 11.6. The molecule has 1 fully saturated rings. The minimum atomic E-state index is -0.927. The van der Waals surface area contributed by atoms with Gasteiger partial charge in [0.15, 0.2) is 0 Å². The monoisotopic (exact) mass is 273 g/mol. The van der Waals surface area contributed by atoms with Crippen LogP contribution in [0.3, 0.4) is 0 Å². The molecule has 2 N–H and O–H groups in total. The van der Waals surface area contributed by atoms with Gasteiger partial charge in [0.25, 0.3) is 0 Å². The summed E-state index contributed by atoms with van der Waals surface area (Å²) >= 11 is 0. The highest BCUT2D eigenvalue weighted by molar-refractivity contribution is 6.03. The normalized spacial score (nSPS) is 16.4. The van der Waals surface area contributed by atoms with Crippen LogP contribution >= 0.6 is 0 Å². The molecule has 3 rings (SSSR count). The lowest BCUT2D eigenvalue weighted by molar-refractivity contribution is 0.0696. The van der Waals surface area contributed by atoms with Crippen LogP contribution in [0.1, 0.15) is 42.3 Å². The molecule has 0 atom stereocenters. The molecule has 0 aliphatic heterocycles. The first-order valence-electron chi connectivity index (χ1n) is 7.10. The number of para-hydroxylation sites is 1. The number of aromatic carboxylic acids is 1. The van der Waals surface area contributed by atoms with E-state index in [9.17, 15) is 9.90 Å². The number of benzene rings is 1. The van der Waals surface area contributed by atoms with Gasteiger partial charge in [-0.05, 0) is 30.7 Å². The number of hydrogen-bond donors (Lipinski definition) is 2. The van der Waals surface area contributed by atoms with Gasteiger partial charge in [0.1, 0.15) is 16.9 Å². The van der Waals surface area contributed by atoms with Gasteiger partial charge in [-0.3, -0.25) is 0 Å². The molecule has 1 heterocycles. The third-order valence-electron chi connectivity index (χ3n) is 4.37. The van der Waals surface area contributed by atoms with E-state index < -0.39 is 5.97 Å². The van der Waals surface area contributed by atoms with Gasteiger partial charge < -0.3 is 14.8 Å². The fourth-order valence-corrected chi connectivity index (χ4v) is 2.73. The summed E-state index contributed by atoms with van der Waals surface area (Å²) in [6.07, 6.45) is 3.71. The first-order chi connectivity index (χ1) is 9.65. The Kier molecular flexibility index (Phi) is 3.26. The Morgan fingerprint density at radius 3 is 2.80 bits per heavy atom. The fraction of sp³-hybridized carbons (Fsp3) is 0.438. The molecule has 2 aromatic rings. The Morgan fingerprint density at radius 2 is 2.15 bits per heavy atom. The van der Waals surface area contributed by atoms with Crippen molar-refractivity contribution in [2.45, 2.75) is 32.7 Å². The van der Waals surface area contributed by atoms with E-state index in [0.717, 1.165) is 6.54 Å². The second kappa shape index (κ2) is 4.94. The van der Waals surface area contributed by atoms with Gasteiger partial charge in [-0.15, -0.1) is 0 Å². The zero-order valence-electron chi connectivity index (χ0n) is 11.6. The molecule has 1 aliphatic carbocycles. The maximum absolute atomic E-state index is 11.4. The minimum Gasteiger partial charge on any atom is -0.478 e. The van der Waals surface area contributed by atoms with Crippen LogP contribution < -0.4 is 5.32 Å². The molecule has 0 unspecified atom stereocenters. The molecular formula is C16H19NO3. The molecule has 106 valence electrons. The van der Waals surface area contributed by atoms with E-state index in [4.69, 9.17) is 4.42 Å². The predicted molar refractivity (Wildman–Crippen MR) is 76.8 cm³/mol. The van der Waals surface area contributed by atoms with Crippen molar-refractivity contribution in [1.82, 2.24) is 5.32 Å². The number of carboxylic acids is 1. The molecule has 4 nitrogen and oxygen atoms in total. The van der Waals surface area contributed by atoms with Crippen molar-refractivity contribution in [1.29, 1.82) is 0 Å². The van der Waals surface area contributed by atoms with Crippen LogP contribution in [0, 0.1) is 5.41 Å². The lowest BCUT2D eigenvalue weighted by Crippen LogP contribution is -2.23. The lowest BCUT2D eigenvalue weighted by atomic mass is 10.0. The molecule has 1 saturated carbocycles. The fourth-order valence-electron chi connectivity index (χ4n) is 2.73. The minimum absolute atomic E-state index is 0.287. The third-order valence-corrected chi connectivity index (χ3v) is 4.37. The number of carboxylic acid groups (broad SMARTS) is 1. The highest BCUT2D eigenvalue weighted by Gasteiger charge is 2.40. The van der Waals surface area contributed by atoms with Crippen LogP contribution in [-0.4, -0.2) is 17.6 Å². The van der Waals surface area contributed by atoms with Crippen LogP contribution in [0.25, 0.3) is 11.0 Å². The van der Waals surface area contributed by atoms with Crippen molar-refractivity contribution in [3.63, 3.8) is 0 Å². The molecule has 1 aromatic carbocycles. The van der Waals surface area contributed by atoms with Crippen molar-refractivity contribution >= 4 is 16.9 Å². The smallest absolute Gasteiger partial charge is 0.339 e. The summed E-state index contributed by atoms with van der Waals surface area (Å²) in [7, 11) is 0. The van der Waals surface area contributed by atoms with Gasteiger partial charge in [-0.25, -0.2) is 4.79 Å². The standard InChI is InChI=1S/C16H19NO3/c1-2-16(7-8-16)10-17-9-13-14(15(18)19)11-5-3-4-6-12(11)20-13/h3-6,17H,2,7-10H2,1H3,(H,18,19).